The zero-order valence-electron chi connectivity index (χ0n) is 15.8. The fourth-order valence-corrected chi connectivity index (χ4v) is 2.75. The average Bonchev–Trinajstić information content (AvgIpc) is 3.16. The number of nitrogens with zero attached hydrogens (tertiary/aromatic N) is 1. The van der Waals surface area contributed by atoms with Gasteiger partial charge in [-0.2, -0.15) is 0 Å². The lowest BCUT2D eigenvalue weighted by atomic mass is 10.1. The van der Waals surface area contributed by atoms with Gasteiger partial charge < -0.3 is 24.8 Å². The van der Waals surface area contributed by atoms with E-state index in [1.165, 1.54) is 5.56 Å². The quantitative estimate of drug-likeness (QED) is 0.235. The summed E-state index contributed by atoms with van der Waals surface area (Å²) in [6.45, 7) is 4.00. The summed E-state index contributed by atoms with van der Waals surface area (Å²) in [4.78, 5) is 4.24. The highest BCUT2D eigenvalue weighted by Gasteiger charge is 2.14. The zero-order valence-corrected chi connectivity index (χ0v) is 18.2. The fourth-order valence-electron chi connectivity index (χ4n) is 2.75. The molecule has 1 aliphatic heterocycles. The maximum absolute atomic E-state index is 5.66. The Morgan fingerprint density at radius 2 is 2.15 bits per heavy atom. The Kier molecular flexibility index (Phi) is 12.4. The highest BCUT2D eigenvalue weighted by atomic mass is 127. The topological polar surface area (TPSA) is 64.1 Å². The molecule has 0 spiro atoms. The Labute approximate surface area is 174 Å². The number of aliphatic imine (C=N–C) groups is 1. The van der Waals surface area contributed by atoms with E-state index in [-0.39, 0.29) is 24.0 Å². The molecule has 1 aromatic carbocycles. The predicted molar refractivity (Wildman–Crippen MR) is 116 cm³/mol. The number of halogens is 1. The molecule has 1 fully saturated rings. The molecule has 0 amide bonds. The van der Waals surface area contributed by atoms with E-state index in [9.17, 15) is 0 Å². The smallest absolute Gasteiger partial charge is 0.190 e. The molecule has 1 aliphatic rings. The fraction of sp³-hybridized carbons (Fsp3) is 0.632. The van der Waals surface area contributed by atoms with E-state index in [1.54, 1.807) is 14.2 Å². The molecule has 26 heavy (non-hydrogen) atoms. The van der Waals surface area contributed by atoms with Crippen LogP contribution in [0, 0.1) is 0 Å². The van der Waals surface area contributed by atoms with Crippen LogP contribution in [0.2, 0.25) is 0 Å². The molecule has 6 nitrogen and oxygen atoms in total. The third-order valence-electron chi connectivity index (χ3n) is 4.15. The van der Waals surface area contributed by atoms with Gasteiger partial charge in [0.25, 0.3) is 0 Å². The molecular formula is C19H32IN3O3. The summed E-state index contributed by atoms with van der Waals surface area (Å²) in [6.07, 6.45) is 4.46. The number of hydrogen-bond acceptors (Lipinski definition) is 4. The minimum absolute atomic E-state index is 0. The van der Waals surface area contributed by atoms with Crippen LogP contribution in [-0.4, -0.2) is 59.1 Å². The Morgan fingerprint density at radius 3 is 2.88 bits per heavy atom. The van der Waals surface area contributed by atoms with Gasteiger partial charge in [-0.05, 0) is 43.4 Å². The Morgan fingerprint density at radius 1 is 1.31 bits per heavy atom. The second kappa shape index (κ2) is 14.1. The van der Waals surface area contributed by atoms with Crippen LogP contribution in [0.1, 0.15) is 24.8 Å². The molecule has 148 valence electrons. The van der Waals surface area contributed by atoms with Gasteiger partial charge in [0.05, 0.1) is 19.8 Å². The van der Waals surface area contributed by atoms with E-state index in [4.69, 9.17) is 14.2 Å². The number of hydrogen-bond donors (Lipinski definition) is 2. The Hall–Kier alpha value is -1.06. The van der Waals surface area contributed by atoms with Crippen molar-refractivity contribution in [3.8, 4) is 5.75 Å². The first kappa shape index (κ1) is 23.0. The molecule has 2 N–H and O–H groups in total. The molecule has 0 aromatic heterocycles. The van der Waals surface area contributed by atoms with Crippen LogP contribution in [0.3, 0.4) is 0 Å². The summed E-state index contributed by atoms with van der Waals surface area (Å²) in [5.74, 6) is 1.71. The lowest BCUT2D eigenvalue weighted by molar-refractivity contribution is 0.0168. The third kappa shape index (κ3) is 9.05. The van der Waals surface area contributed by atoms with Crippen molar-refractivity contribution in [3.05, 3.63) is 29.8 Å². The van der Waals surface area contributed by atoms with Gasteiger partial charge in [0, 0.05) is 33.4 Å². The standard InChI is InChI=1S/C19H31N3O3.HI/c1-20-19(21-10-5-12-24-15-18-8-4-13-25-18)22-11-9-16-6-3-7-17(14-16)23-2;/h3,6-7,14,18H,4-5,8-13,15H2,1-2H3,(H2,20,21,22);1H. The van der Waals surface area contributed by atoms with Crippen molar-refractivity contribution in [2.24, 2.45) is 4.99 Å². The van der Waals surface area contributed by atoms with Crippen LogP contribution in [0.4, 0.5) is 0 Å². The van der Waals surface area contributed by atoms with Gasteiger partial charge in [-0.15, -0.1) is 24.0 Å². The van der Waals surface area contributed by atoms with Gasteiger partial charge in [0.1, 0.15) is 5.75 Å². The van der Waals surface area contributed by atoms with E-state index in [1.807, 2.05) is 12.1 Å². The van der Waals surface area contributed by atoms with Gasteiger partial charge in [0.15, 0.2) is 5.96 Å². The molecule has 1 saturated heterocycles. The Bertz CT molecular complexity index is 523. The predicted octanol–water partition coefficient (Wildman–Crippen LogP) is 2.61. The van der Waals surface area contributed by atoms with Crippen molar-refractivity contribution in [1.29, 1.82) is 0 Å². The summed E-state index contributed by atoms with van der Waals surface area (Å²) in [6, 6.07) is 8.13. The lowest BCUT2D eigenvalue weighted by Crippen LogP contribution is -2.39. The second-order valence-corrected chi connectivity index (χ2v) is 6.09. The van der Waals surface area contributed by atoms with E-state index in [0.29, 0.717) is 12.7 Å². The largest absolute Gasteiger partial charge is 0.497 e. The van der Waals surface area contributed by atoms with Crippen LogP contribution in [-0.2, 0) is 15.9 Å². The maximum atomic E-state index is 5.66. The molecule has 2 rings (SSSR count). The molecule has 0 aliphatic carbocycles. The SMILES string of the molecule is CN=C(NCCCOCC1CCCO1)NCCc1cccc(OC)c1.I. The van der Waals surface area contributed by atoms with Crippen molar-refractivity contribution < 1.29 is 14.2 Å². The van der Waals surface area contributed by atoms with Crippen LogP contribution in [0.5, 0.6) is 5.75 Å². The van der Waals surface area contributed by atoms with Crippen molar-refractivity contribution in [2.75, 3.05) is 47.1 Å². The average molecular weight is 477 g/mol. The van der Waals surface area contributed by atoms with Crippen molar-refractivity contribution in [3.63, 3.8) is 0 Å². The molecule has 0 saturated carbocycles. The lowest BCUT2D eigenvalue weighted by Gasteiger charge is -2.13. The van der Waals surface area contributed by atoms with Crippen LogP contribution in [0.25, 0.3) is 0 Å². The summed E-state index contributed by atoms with van der Waals surface area (Å²) in [5, 5.41) is 6.64. The van der Waals surface area contributed by atoms with Crippen molar-refractivity contribution in [1.82, 2.24) is 10.6 Å². The van der Waals surface area contributed by atoms with E-state index >= 15 is 0 Å². The monoisotopic (exact) mass is 477 g/mol. The Balaban J connectivity index is 0.00000338. The zero-order chi connectivity index (χ0) is 17.7. The molecule has 0 bridgehead atoms. The minimum Gasteiger partial charge on any atom is -0.497 e. The first-order valence-corrected chi connectivity index (χ1v) is 9.08. The van der Waals surface area contributed by atoms with Gasteiger partial charge >= 0.3 is 0 Å². The summed E-state index contributed by atoms with van der Waals surface area (Å²) in [7, 11) is 3.47. The van der Waals surface area contributed by atoms with Gasteiger partial charge in [-0.25, -0.2) is 0 Å². The molecule has 0 radical (unpaired) electrons. The van der Waals surface area contributed by atoms with Gasteiger partial charge in [0.2, 0.25) is 0 Å². The third-order valence-corrected chi connectivity index (χ3v) is 4.15. The normalized spacial score (nSPS) is 16.8. The maximum Gasteiger partial charge on any atom is 0.190 e. The summed E-state index contributed by atoms with van der Waals surface area (Å²) < 4.78 is 16.4. The minimum atomic E-state index is 0. The number of rotatable bonds is 10. The molecule has 1 aromatic rings. The van der Waals surface area contributed by atoms with Gasteiger partial charge in [-0.1, -0.05) is 12.1 Å². The van der Waals surface area contributed by atoms with Crippen LogP contribution in [0.15, 0.2) is 29.3 Å². The van der Waals surface area contributed by atoms with E-state index < -0.39 is 0 Å². The number of benzene rings is 1. The molecular weight excluding hydrogens is 445 g/mol. The molecule has 7 heteroatoms. The number of methoxy groups -OCH3 is 1. The van der Waals surface area contributed by atoms with Crippen molar-refractivity contribution in [2.45, 2.75) is 31.8 Å². The highest BCUT2D eigenvalue weighted by molar-refractivity contribution is 14.0. The number of guanidine groups is 1. The number of nitrogens with one attached hydrogen (secondary N) is 2. The first-order chi connectivity index (χ1) is 12.3. The van der Waals surface area contributed by atoms with Gasteiger partial charge in [-0.3, -0.25) is 4.99 Å². The van der Waals surface area contributed by atoms with E-state index in [2.05, 4.69) is 27.8 Å². The van der Waals surface area contributed by atoms with E-state index in [0.717, 1.165) is 63.7 Å². The first-order valence-electron chi connectivity index (χ1n) is 9.08. The summed E-state index contributed by atoms with van der Waals surface area (Å²) in [5.41, 5.74) is 1.24. The number of ether oxygens (including phenoxy) is 3. The van der Waals surface area contributed by atoms with Crippen LogP contribution < -0.4 is 15.4 Å². The molecule has 1 unspecified atom stereocenters. The molecule has 1 atom stereocenters. The highest BCUT2D eigenvalue weighted by Crippen LogP contribution is 2.13. The summed E-state index contributed by atoms with van der Waals surface area (Å²) >= 11 is 0. The van der Waals surface area contributed by atoms with Crippen molar-refractivity contribution >= 4 is 29.9 Å². The van der Waals surface area contributed by atoms with Crippen LogP contribution >= 0.6 is 24.0 Å². The molecule has 1 heterocycles. The second-order valence-electron chi connectivity index (χ2n) is 6.09.